The van der Waals surface area contributed by atoms with Crippen LogP contribution in [0.2, 0.25) is 0 Å². The first-order valence-corrected chi connectivity index (χ1v) is 9.33. The van der Waals surface area contributed by atoms with E-state index in [-0.39, 0.29) is 23.0 Å². The van der Waals surface area contributed by atoms with Gasteiger partial charge in [0, 0.05) is 37.7 Å². The van der Waals surface area contributed by atoms with Crippen LogP contribution in [-0.2, 0) is 21.5 Å². The van der Waals surface area contributed by atoms with Crippen LogP contribution in [0.4, 0.5) is 0 Å². The molecule has 6 heteroatoms. The second-order valence-corrected chi connectivity index (χ2v) is 8.26. The Bertz CT molecular complexity index is 663. The Hall–Kier alpha value is -1.69. The van der Waals surface area contributed by atoms with Crippen molar-refractivity contribution in [2.75, 3.05) is 19.7 Å². The van der Waals surface area contributed by atoms with E-state index in [1.54, 1.807) is 10.7 Å². The van der Waals surface area contributed by atoms with Gasteiger partial charge in [0.15, 0.2) is 0 Å². The van der Waals surface area contributed by atoms with Crippen molar-refractivity contribution in [3.63, 3.8) is 0 Å². The molecule has 0 saturated carbocycles. The van der Waals surface area contributed by atoms with Crippen molar-refractivity contribution in [3.8, 4) is 0 Å². The zero-order valence-corrected chi connectivity index (χ0v) is 15.5. The van der Waals surface area contributed by atoms with E-state index < -0.39 is 0 Å². The smallest absolute Gasteiger partial charge is 0.266 e. The second-order valence-electron chi connectivity index (χ2n) is 8.26. The van der Waals surface area contributed by atoms with Crippen LogP contribution in [0.15, 0.2) is 16.9 Å². The van der Waals surface area contributed by atoms with Crippen LogP contribution in [0.1, 0.15) is 52.1 Å². The number of rotatable bonds is 3. The summed E-state index contributed by atoms with van der Waals surface area (Å²) in [6, 6.07) is 3.44. The van der Waals surface area contributed by atoms with E-state index in [0.29, 0.717) is 19.1 Å². The van der Waals surface area contributed by atoms with Gasteiger partial charge in [-0.1, -0.05) is 20.8 Å². The molecule has 1 aromatic heterocycles. The number of carbonyl (C=O) groups is 1. The number of likely N-dealkylation sites (tertiary alicyclic amines) is 1. The number of piperidine rings is 1. The number of ether oxygens (including phenoxy) is 1. The summed E-state index contributed by atoms with van der Waals surface area (Å²) in [5.74, 6) is 0.523. The molecule has 2 saturated heterocycles. The topological polar surface area (TPSA) is 64.4 Å². The first-order chi connectivity index (χ1) is 11.8. The molecule has 6 nitrogen and oxygen atoms in total. The lowest BCUT2D eigenvalue weighted by molar-refractivity contribution is -0.142. The number of carbonyl (C=O) groups excluding carboxylic acids is 1. The zero-order chi connectivity index (χ0) is 18.0. The minimum atomic E-state index is -0.232. The highest BCUT2D eigenvalue weighted by molar-refractivity contribution is 5.81. The molecular weight excluding hydrogens is 318 g/mol. The predicted octanol–water partition coefficient (Wildman–Crippen LogP) is 1.96. The van der Waals surface area contributed by atoms with Crippen LogP contribution in [0.5, 0.6) is 0 Å². The fourth-order valence-corrected chi connectivity index (χ4v) is 3.54. The van der Waals surface area contributed by atoms with E-state index in [1.165, 1.54) is 0 Å². The van der Waals surface area contributed by atoms with Crippen molar-refractivity contribution < 1.29 is 9.53 Å². The third kappa shape index (κ3) is 4.29. The van der Waals surface area contributed by atoms with Crippen LogP contribution >= 0.6 is 0 Å². The summed E-state index contributed by atoms with van der Waals surface area (Å²) < 4.78 is 7.10. The molecule has 2 fully saturated rings. The molecule has 3 heterocycles. The molecule has 0 bridgehead atoms. The molecule has 25 heavy (non-hydrogen) atoms. The molecular formula is C19H29N3O3. The summed E-state index contributed by atoms with van der Waals surface area (Å²) in [5.41, 5.74) is 0.802. The van der Waals surface area contributed by atoms with Crippen LogP contribution in [0.25, 0.3) is 0 Å². The zero-order valence-electron chi connectivity index (χ0n) is 15.5. The molecule has 1 aromatic rings. The van der Waals surface area contributed by atoms with Crippen LogP contribution in [0.3, 0.4) is 0 Å². The van der Waals surface area contributed by atoms with Crippen molar-refractivity contribution in [1.29, 1.82) is 0 Å². The van der Waals surface area contributed by atoms with Gasteiger partial charge in [-0.3, -0.25) is 9.59 Å². The summed E-state index contributed by atoms with van der Waals surface area (Å²) in [6.07, 6.45) is 3.41. The van der Waals surface area contributed by atoms with Gasteiger partial charge in [0.1, 0.15) is 6.10 Å². The maximum Gasteiger partial charge on any atom is 0.266 e. The van der Waals surface area contributed by atoms with Crippen molar-refractivity contribution in [2.24, 2.45) is 5.92 Å². The molecule has 2 aliphatic heterocycles. The van der Waals surface area contributed by atoms with Gasteiger partial charge in [0.2, 0.25) is 0 Å². The minimum absolute atomic E-state index is 0.0501. The van der Waals surface area contributed by atoms with Crippen LogP contribution in [0, 0.1) is 5.92 Å². The molecule has 0 N–H and O–H groups in total. The number of hydrogen-bond acceptors (Lipinski definition) is 4. The van der Waals surface area contributed by atoms with Gasteiger partial charge in [-0.25, -0.2) is 4.68 Å². The Balaban J connectivity index is 1.59. The predicted molar refractivity (Wildman–Crippen MR) is 95.5 cm³/mol. The Morgan fingerprint density at radius 3 is 2.56 bits per heavy atom. The van der Waals surface area contributed by atoms with Gasteiger partial charge in [-0.15, -0.1) is 0 Å². The summed E-state index contributed by atoms with van der Waals surface area (Å²) in [6.45, 7) is 9.11. The molecule has 0 radical (unpaired) electrons. The van der Waals surface area contributed by atoms with Gasteiger partial charge < -0.3 is 9.64 Å². The second kappa shape index (κ2) is 7.28. The molecule has 1 amide bonds. The lowest BCUT2D eigenvalue weighted by Crippen LogP contribution is -2.44. The van der Waals surface area contributed by atoms with Gasteiger partial charge in [0.05, 0.1) is 5.69 Å². The molecule has 0 aromatic carbocycles. The maximum absolute atomic E-state index is 12.4. The van der Waals surface area contributed by atoms with E-state index in [9.17, 15) is 9.59 Å². The summed E-state index contributed by atoms with van der Waals surface area (Å²) in [7, 11) is 0. The van der Waals surface area contributed by atoms with Crippen LogP contribution < -0.4 is 5.56 Å². The normalized spacial score (nSPS) is 22.4. The van der Waals surface area contributed by atoms with Gasteiger partial charge in [-0.2, -0.15) is 5.10 Å². The van der Waals surface area contributed by atoms with E-state index in [0.717, 1.165) is 44.5 Å². The number of aromatic nitrogens is 2. The summed E-state index contributed by atoms with van der Waals surface area (Å²) >= 11 is 0. The third-order valence-corrected chi connectivity index (χ3v) is 5.20. The van der Waals surface area contributed by atoms with Crippen molar-refractivity contribution in [3.05, 3.63) is 28.2 Å². The molecule has 1 atom stereocenters. The van der Waals surface area contributed by atoms with E-state index >= 15 is 0 Å². The van der Waals surface area contributed by atoms with E-state index in [2.05, 4.69) is 25.9 Å². The molecule has 3 rings (SSSR count). The number of hydrogen-bond donors (Lipinski definition) is 0. The average Bonchev–Trinajstić information content (AvgIpc) is 3.10. The molecule has 138 valence electrons. The molecule has 2 aliphatic rings. The lowest BCUT2D eigenvalue weighted by atomic mass is 9.92. The van der Waals surface area contributed by atoms with Crippen molar-refractivity contribution in [2.45, 2.75) is 64.5 Å². The maximum atomic E-state index is 12.4. The molecule has 1 unspecified atom stereocenters. The highest BCUT2D eigenvalue weighted by Crippen LogP contribution is 2.23. The highest BCUT2D eigenvalue weighted by atomic mass is 16.5. The Labute approximate surface area is 149 Å². The largest absolute Gasteiger partial charge is 0.368 e. The SMILES string of the molecule is CC(C)(C)c1ccc(=O)n(CC2CCN(C(=O)C3CCCO3)CC2)n1. The van der Waals surface area contributed by atoms with Gasteiger partial charge >= 0.3 is 0 Å². The number of amides is 1. The summed E-state index contributed by atoms with van der Waals surface area (Å²) in [4.78, 5) is 26.5. The first kappa shape index (κ1) is 18.1. The van der Waals surface area contributed by atoms with Gasteiger partial charge in [0.25, 0.3) is 11.5 Å². The van der Waals surface area contributed by atoms with Crippen molar-refractivity contribution >= 4 is 5.91 Å². The Kier molecular flexibility index (Phi) is 5.27. The van der Waals surface area contributed by atoms with Gasteiger partial charge in [-0.05, 0) is 37.7 Å². The first-order valence-electron chi connectivity index (χ1n) is 9.33. The quantitative estimate of drug-likeness (QED) is 0.838. The van der Waals surface area contributed by atoms with Crippen LogP contribution in [-0.4, -0.2) is 46.4 Å². The monoisotopic (exact) mass is 347 g/mol. The Morgan fingerprint density at radius 2 is 1.96 bits per heavy atom. The minimum Gasteiger partial charge on any atom is -0.368 e. The summed E-state index contributed by atoms with van der Waals surface area (Å²) in [5, 5.41) is 4.56. The van der Waals surface area contributed by atoms with E-state index in [4.69, 9.17) is 4.74 Å². The van der Waals surface area contributed by atoms with E-state index in [1.807, 2.05) is 11.0 Å². The Morgan fingerprint density at radius 1 is 1.24 bits per heavy atom. The van der Waals surface area contributed by atoms with Crippen molar-refractivity contribution in [1.82, 2.24) is 14.7 Å². The third-order valence-electron chi connectivity index (χ3n) is 5.20. The average molecular weight is 347 g/mol. The highest BCUT2D eigenvalue weighted by Gasteiger charge is 2.31. The number of nitrogens with zero attached hydrogens (tertiary/aromatic N) is 3. The fraction of sp³-hybridized carbons (Fsp3) is 0.737. The lowest BCUT2D eigenvalue weighted by Gasteiger charge is -2.33. The standard InChI is InChI=1S/C19H29N3O3/c1-19(2,3)16-6-7-17(23)22(20-16)13-14-8-10-21(11-9-14)18(24)15-5-4-12-25-15/h6-7,14-15H,4-5,8-13H2,1-3H3. The molecule has 0 spiro atoms. The molecule has 0 aliphatic carbocycles. The fourth-order valence-electron chi connectivity index (χ4n) is 3.54.